The Hall–Kier alpha value is -4.23. The maximum absolute atomic E-state index is 13.0. The summed E-state index contributed by atoms with van der Waals surface area (Å²) in [4.78, 5) is 25.7. The fourth-order valence-corrected chi connectivity index (χ4v) is 4.08. The number of Topliss-reactive ketones (excluding diaryl/α,β-unsaturated/α-hetero) is 1. The van der Waals surface area contributed by atoms with Gasteiger partial charge in [0.1, 0.15) is 17.1 Å². The number of hydrogen-bond donors (Lipinski definition) is 0. The summed E-state index contributed by atoms with van der Waals surface area (Å²) in [5, 5.41) is 1.22. The normalized spacial score (nSPS) is 13.6. The van der Waals surface area contributed by atoms with Gasteiger partial charge in [0.15, 0.2) is 17.3 Å². The molecule has 4 aromatic rings. The van der Waals surface area contributed by atoms with E-state index in [0.29, 0.717) is 49.9 Å². The first-order valence-electron chi connectivity index (χ1n) is 10.6. The molecule has 35 heavy (non-hydrogen) atoms. The van der Waals surface area contributed by atoms with Crippen LogP contribution in [0.1, 0.15) is 32.0 Å². The summed E-state index contributed by atoms with van der Waals surface area (Å²) in [7, 11) is 3.09. The molecule has 0 radical (unpaired) electrons. The second-order valence-corrected chi connectivity index (χ2v) is 8.29. The molecule has 7 nitrogen and oxygen atoms in total. The number of hydrogen-bond acceptors (Lipinski definition) is 7. The van der Waals surface area contributed by atoms with Crippen molar-refractivity contribution in [1.29, 1.82) is 0 Å². The highest BCUT2D eigenvalue weighted by Gasteiger charge is 2.30. The van der Waals surface area contributed by atoms with Crippen molar-refractivity contribution in [3.63, 3.8) is 0 Å². The van der Waals surface area contributed by atoms with Gasteiger partial charge in [0.25, 0.3) is 0 Å². The van der Waals surface area contributed by atoms with Crippen molar-refractivity contribution in [2.24, 2.45) is 0 Å². The molecular weight excluding hydrogens is 472 g/mol. The Morgan fingerprint density at radius 1 is 0.971 bits per heavy atom. The van der Waals surface area contributed by atoms with Gasteiger partial charge in [-0.2, -0.15) is 0 Å². The van der Waals surface area contributed by atoms with Gasteiger partial charge in [0.2, 0.25) is 11.5 Å². The van der Waals surface area contributed by atoms with Crippen LogP contribution in [-0.2, 0) is 0 Å². The zero-order valence-electron chi connectivity index (χ0n) is 19.0. The summed E-state index contributed by atoms with van der Waals surface area (Å²) < 4.78 is 27.5. The maximum atomic E-state index is 13.0. The van der Waals surface area contributed by atoms with Gasteiger partial charge >= 0.3 is 5.97 Å². The number of carbonyl (C=O) groups is 2. The van der Waals surface area contributed by atoms with Gasteiger partial charge < -0.3 is 23.4 Å². The van der Waals surface area contributed by atoms with Crippen molar-refractivity contribution in [3.8, 4) is 23.0 Å². The number of fused-ring (bicyclic) bond motifs is 2. The fraction of sp³-hybridized carbons (Fsp3) is 0.111. The summed E-state index contributed by atoms with van der Waals surface area (Å²) >= 11 is 6.00. The predicted octanol–water partition coefficient (Wildman–Crippen LogP) is 6.25. The summed E-state index contributed by atoms with van der Waals surface area (Å²) in [6.45, 7) is 1.75. The Bertz CT molecular complexity index is 1530. The van der Waals surface area contributed by atoms with Gasteiger partial charge in [0.05, 0.1) is 19.8 Å². The van der Waals surface area contributed by atoms with E-state index in [0.717, 1.165) is 0 Å². The molecule has 2 heterocycles. The average Bonchev–Trinajstić information content (AvgIpc) is 3.39. The summed E-state index contributed by atoms with van der Waals surface area (Å²) in [5.41, 5.74) is 2.25. The molecule has 1 aromatic heterocycles. The number of furan rings is 1. The lowest BCUT2D eigenvalue weighted by Gasteiger charge is -2.08. The van der Waals surface area contributed by atoms with E-state index in [1.54, 1.807) is 68.6 Å². The van der Waals surface area contributed by atoms with Crippen molar-refractivity contribution in [3.05, 3.63) is 87.8 Å². The molecule has 5 rings (SSSR count). The van der Waals surface area contributed by atoms with E-state index in [1.165, 1.54) is 13.2 Å². The van der Waals surface area contributed by atoms with Gasteiger partial charge in [0, 0.05) is 16.5 Å². The van der Waals surface area contributed by atoms with E-state index in [1.807, 2.05) is 0 Å². The Balaban J connectivity index is 1.40. The van der Waals surface area contributed by atoms with Crippen LogP contribution >= 0.6 is 11.6 Å². The van der Waals surface area contributed by atoms with Gasteiger partial charge in [-0.05, 0) is 66.6 Å². The zero-order chi connectivity index (χ0) is 24.7. The first-order chi connectivity index (χ1) is 16.9. The number of aryl methyl sites for hydroxylation is 1. The van der Waals surface area contributed by atoms with Gasteiger partial charge in [-0.3, -0.25) is 4.79 Å². The van der Waals surface area contributed by atoms with Crippen LogP contribution in [0.3, 0.4) is 0 Å². The molecule has 0 spiro atoms. The lowest BCUT2D eigenvalue weighted by Crippen LogP contribution is -2.07. The molecule has 3 aromatic carbocycles. The van der Waals surface area contributed by atoms with Crippen LogP contribution in [-0.4, -0.2) is 26.0 Å². The minimum absolute atomic E-state index is 0.0338. The van der Waals surface area contributed by atoms with Gasteiger partial charge in [-0.15, -0.1) is 0 Å². The van der Waals surface area contributed by atoms with E-state index < -0.39 is 5.97 Å². The van der Waals surface area contributed by atoms with Crippen LogP contribution in [0.25, 0.3) is 17.0 Å². The molecule has 0 saturated heterocycles. The largest absolute Gasteiger partial charge is 0.493 e. The molecular formula is C27H19ClO7. The Morgan fingerprint density at radius 3 is 2.54 bits per heavy atom. The molecule has 176 valence electrons. The lowest BCUT2D eigenvalue weighted by atomic mass is 10.0. The molecule has 0 atom stereocenters. The van der Waals surface area contributed by atoms with Gasteiger partial charge in [-0.1, -0.05) is 17.7 Å². The number of allylic oxidation sites excluding steroid dienone is 1. The molecule has 8 heteroatoms. The Kier molecular flexibility index (Phi) is 5.70. The highest BCUT2D eigenvalue weighted by Crippen LogP contribution is 2.38. The topological polar surface area (TPSA) is 84.2 Å². The van der Waals surface area contributed by atoms with E-state index >= 15 is 0 Å². The highest BCUT2D eigenvalue weighted by molar-refractivity contribution is 6.31. The number of benzene rings is 3. The van der Waals surface area contributed by atoms with Crippen molar-refractivity contribution in [1.82, 2.24) is 0 Å². The van der Waals surface area contributed by atoms with Crippen LogP contribution in [0.5, 0.6) is 23.0 Å². The molecule has 1 aliphatic heterocycles. The number of methoxy groups -OCH3 is 2. The average molecular weight is 491 g/mol. The maximum Gasteiger partial charge on any atom is 0.379 e. The highest BCUT2D eigenvalue weighted by atomic mass is 35.5. The third-order valence-electron chi connectivity index (χ3n) is 5.54. The first kappa shape index (κ1) is 22.6. The monoisotopic (exact) mass is 490 g/mol. The Morgan fingerprint density at radius 2 is 1.77 bits per heavy atom. The number of ketones is 1. The minimum Gasteiger partial charge on any atom is -0.493 e. The SMILES string of the molecule is COc1ccc(/C=C2\Oc3cc(OC(=O)c4cc5cc(Cl)ccc5o4)cc(C)c3C2=O)cc1OC. The van der Waals surface area contributed by atoms with Crippen LogP contribution in [0.15, 0.2) is 64.8 Å². The molecule has 0 saturated carbocycles. The second-order valence-electron chi connectivity index (χ2n) is 7.85. The van der Waals surface area contributed by atoms with Gasteiger partial charge in [-0.25, -0.2) is 4.79 Å². The predicted molar refractivity (Wildman–Crippen MR) is 130 cm³/mol. The molecule has 0 fully saturated rings. The smallest absolute Gasteiger partial charge is 0.379 e. The summed E-state index contributed by atoms with van der Waals surface area (Å²) in [5.74, 6) is 0.876. The third-order valence-corrected chi connectivity index (χ3v) is 5.77. The molecule has 0 bridgehead atoms. The third kappa shape index (κ3) is 4.22. The number of halogens is 1. The molecule has 0 amide bonds. The molecule has 0 aliphatic carbocycles. The minimum atomic E-state index is -0.679. The van der Waals surface area contributed by atoms with E-state index in [4.69, 9.17) is 35.0 Å². The van der Waals surface area contributed by atoms with Crippen molar-refractivity contribution < 1.29 is 33.0 Å². The molecule has 0 N–H and O–H groups in total. The standard InChI is InChI=1S/C27H19ClO7/c1-14-8-18(33-27(30)24-12-16-11-17(28)5-7-19(16)34-24)13-22-25(14)26(29)23(35-22)10-15-4-6-20(31-2)21(9-15)32-3/h4-13H,1-3H3/b23-10-. The van der Waals surface area contributed by atoms with Crippen LogP contribution in [0, 0.1) is 6.92 Å². The van der Waals surface area contributed by atoms with Crippen LogP contribution in [0.2, 0.25) is 5.02 Å². The zero-order valence-corrected chi connectivity index (χ0v) is 19.8. The van der Waals surface area contributed by atoms with Crippen molar-refractivity contribution in [2.75, 3.05) is 14.2 Å². The van der Waals surface area contributed by atoms with Crippen LogP contribution < -0.4 is 18.9 Å². The summed E-state index contributed by atoms with van der Waals surface area (Å²) in [6.07, 6.45) is 1.62. The van der Waals surface area contributed by atoms with E-state index in [-0.39, 0.29) is 23.1 Å². The lowest BCUT2D eigenvalue weighted by molar-refractivity contribution is 0.0703. The number of carbonyl (C=O) groups excluding carboxylic acids is 2. The number of ether oxygens (including phenoxy) is 4. The van der Waals surface area contributed by atoms with E-state index in [9.17, 15) is 9.59 Å². The number of esters is 1. The first-order valence-corrected chi connectivity index (χ1v) is 11.0. The van der Waals surface area contributed by atoms with Crippen LogP contribution in [0.4, 0.5) is 0 Å². The second kappa shape index (κ2) is 8.85. The van der Waals surface area contributed by atoms with E-state index in [2.05, 4.69) is 0 Å². The Labute approximate surface area is 205 Å². The fourth-order valence-electron chi connectivity index (χ4n) is 3.90. The summed E-state index contributed by atoms with van der Waals surface area (Å²) in [6, 6.07) is 15.0. The van der Waals surface area contributed by atoms with Crippen molar-refractivity contribution in [2.45, 2.75) is 6.92 Å². The molecule has 1 aliphatic rings. The van der Waals surface area contributed by atoms with Crippen molar-refractivity contribution >= 4 is 40.4 Å². The number of rotatable bonds is 5. The molecule has 0 unspecified atom stereocenters. The quantitative estimate of drug-likeness (QED) is 0.186.